The molecular formula is C46H60N4O7Si. The highest BCUT2D eigenvalue weighted by Crippen LogP contribution is 2.60. The summed E-state index contributed by atoms with van der Waals surface area (Å²) in [4.78, 5) is 75.1. The van der Waals surface area contributed by atoms with Crippen LogP contribution in [0.3, 0.4) is 0 Å². The zero-order chi connectivity index (χ0) is 41.0. The highest BCUT2D eigenvalue weighted by molar-refractivity contribution is 6.71. The number of aliphatic hydroxyl groups excluding tert-OH is 1. The molecule has 0 unspecified atom stereocenters. The van der Waals surface area contributed by atoms with Crippen LogP contribution in [0.5, 0.6) is 0 Å². The molecule has 11 nitrogen and oxygen atoms in total. The first-order chi connectivity index (χ1) is 27.9. The van der Waals surface area contributed by atoms with Crippen molar-refractivity contribution in [1.29, 1.82) is 0 Å². The molecule has 4 aliphatic heterocycles. The Labute approximate surface area is 344 Å². The second-order valence-electron chi connectivity index (χ2n) is 17.3. The van der Waals surface area contributed by atoms with E-state index in [0.717, 1.165) is 68.2 Å². The van der Waals surface area contributed by atoms with E-state index in [4.69, 9.17) is 4.74 Å². The Bertz CT molecular complexity index is 1950. The quantitative estimate of drug-likeness (QED) is 0.199. The Kier molecular flexibility index (Phi) is 12.9. The molecule has 0 bridgehead atoms. The first-order valence-corrected chi connectivity index (χ1v) is 24.4. The van der Waals surface area contributed by atoms with Crippen molar-refractivity contribution in [2.75, 3.05) is 40.9 Å². The van der Waals surface area contributed by atoms with Gasteiger partial charge in [-0.1, -0.05) is 75.1 Å². The molecule has 3 aromatic carbocycles. The van der Waals surface area contributed by atoms with Crippen LogP contribution in [0.1, 0.15) is 94.2 Å². The topological polar surface area (TPSA) is 131 Å². The van der Waals surface area contributed by atoms with E-state index in [1.54, 1.807) is 9.80 Å². The summed E-state index contributed by atoms with van der Waals surface area (Å²) in [6, 6.07) is 23.3. The standard InChI is InChI=1S/C46H60N4O7Si/c1-33-44(58(2,3)56)40(30-43(54)47(27-28-51)31-34-15-9-8-10-16-34)57-46(33)38-29-37(49-26-14-7-5-12-18-42(49)53)23-24-39(38)50(45(46)55)32-35-19-21-36(22-20-35)48-25-13-6-4-11-17-41(48)52/h8-10,15-16,19-24,29,33,40,44,51,56H,4-7,11-14,17-18,25-28,30-32H2,1-3H3/t33-,40+,44-,46+/m0/s1. The minimum absolute atomic E-state index is 0.0570. The van der Waals surface area contributed by atoms with Crippen LogP contribution in [0.25, 0.3) is 0 Å². The van der Waals surface area contributed by atoms with Gasteiger partial charge >= 0.3 is 0 Å². The first kappa shape index (κ1) is 41.8. The number of anilines is 3. The number of rotatable bonds is 11. The van der Waals surface area contributed by atoms with E-state index < -0.39 is 31.5 Å². The van der Waals surface area contributed by atoms with Crippen LogP contribution in [-0.4, -0.2) is 79.1 Å². The molecule has 4 aliphatic rings. The SMILES string of the molecule is C[C@H]1[C@H]([Si](C)(C)O)[C@@H](CC(=O)N(CCO)Cc2ccccc2)O[C@]12C(=O)N(Cc1ccc(N3CCCCCCC3=O)cc1)c1ccc(N3CCCCCCC3=O)cc12. The number of aliphatic hydroxyl groups is 1. The van der Waals surface area contributed by atoms with Gasteiger partial charge in [-0.05, 0) is 80.2 Å². The van der Waals surface area contributed by atoms with Crippen molar-refractivity contribution in [2.45, 2.75) is 121 Å². The van der Waals surface area contributed by atoms with Crippen LogP contribution in [0, 0.1) is 5.92 Å². The number of benzene rings is 3. The Morgan fingerprint density at radius 2 is 1.41 bits per heavy atom. The zero-order valence-electron chi connectivity index (χ0n) is 34.4. The maximum absolute atomic E-state index is 15.3. The summed E-state index contributed by atoms with van der Waals surface area (Å²) in [5.41, 5.74) is 2.70. The number of carbonyl (C=O) groups excluding carboxylic acids is 4. The van der Waals surface area contributed by atoms with E-state index >= 15 is 4.79 Å². The fraction of sp³-hybridized carbons (Fsp3) is 0.522. The molecule has 1 spiro atoms. The van der Waals surface area contributed by atoms with Crippen molar-refractivity contribution in [1.82, 2.24) is 4.90 Å². The summed E-state index contributed by atoms with van der Waals surface area (Å²) < 4.78 is 7.09. The fourth-order valence-corrected chi connectivity index (χ4v) is 12.5. The molecule has 4 atom stereocenters. The molecule has 4 amide bonds. The van der Waals surface area contributed by atoms with Crippen molar-refractivity contribution < 1.29 is 33.8 Å². The summed E-state index contributed by atoms with van der Waals surface area (Å²) in [5, 5.41) is 9.96. The monoisotopic (exact) mass is 808 g/mol. The maximum Gasteiger partial charge on any atom is 0.264 e. The highest BCUT2D eigenvalue weighted by atomic mass is 28.4. The molecule has 0 radical (unpaired) electrons. The van der Waals surface area contributed by atoms with Crippen LogP contribution in [0.4, 0.5) is 17.1 Å². The molecule has 3 fully saturated rings. The largest absolute Gasteiger partial charge is 0.432 e. The van der Waals surface area contributed by atoms with Gasteiger partial charge in [-0.3, -0.25) is 19.2 Å². The van der Waals surface area contributed by atoms with Crippen LogP contribution in [0.15, 0.2) is 72.8 Å². The average molecular weight is 809 g/mol. The van der Waals surface area contributed by atoms with Gasteiger partial charge in [-0.15, -0.1) is 0 Å². The molecule has 0 aliphatic carbocycles. The third kappa shape index (κ3) is 8.52. The minimum atomic E-state index is -3.10. The van der Waals surface area contributed by atoms with Crippen molar-refractivity contribution in [3.05, 3.63) is 89.5 Å². The van der Waals surface area contributed by atoms with Crippen LogP contribution >= 0.6 is 0 Å². The smallest absolute Gasteiger partial charge is 0.264 e. The Hall–Kier alpha value is -4.36. The van der Waals surface area contributed by atoms with Gasteiger partial charge < -0.3 is 34.2 Å². The number of hydrogen-bond donors (Lipinski definition) is 2. The Morgan fingerprint density at radius 1 is 0.810 bits per heavy atom. The lowest BCUT2D eigenvalue weighted by atomic mass is 9.82. The van der Waals surface area contributed by atoms with Crippen LogP contribution in [-0.2, 0) is 42.6 Å². The van der Waals surface area contributed by atoms with Gasteiger partial charge in [0.15, 0.2) is 13.9 Å². The summed E-state index contributed by atoms with van der Waals surface area (Å²) in [5.74, 6) is -0.800. The lowest BCUT2D eigenvalue weighted by Crippen LogP contribution is -2.46. The number of hydrogen-bond acceptors (Lipinski definition) is 7. The number of carbonyl (C=O) groups is 4. The molecule has 2 N–H and O–H groups in total. The summed E-state index contributed by atoms with van der Waals surface area (Å²) in [7, 11) is -3.10. The molecule has 7 rings (SSSR count). The van der Waals surface area contributed by atoms with Crippen molar-refractivity contribution in [3.63, 3.8) is 0 Å². The van der Waals surface area contributed by atoms with Gasteiger partial charge in [-0.25, -0.2) is 0 Å². The summed E-state index contributed by atoms with van der Waals surface area (Å²) in [6.07, 6.45) is 8.01. The van der Waals surface area contributed by atoms with Gasteiger partial charge in [0.1, 0.15) is 0 Å². The zero-order valence-corrected chi connectivity index (χ0v) is 35.4. The number of nitrogens with zero attached hydrogens (tertiary/aromatic N) is 4. The van der Waals surface area contributed by atoms with Crippen molar-refractivity contribution >= 4 is 49.0 Å². The maximum atomic E-state index is 15.3. The van der Waals surface area contributed by atoms with E-state index in [2.05, 4.69) is 0 Å². The number of fused-ring (bicyclic) bond motifs is 2. The average Bonchev–Trinajstić information content (AvgIpc) is 3.61. The van der Waals surface area contributed by atoms with Crippen LogP contribution < -0.4 is 14.7 Å². The lowest BCUT2D eigenvalue weighted by Gasteiger charge is -2.33. The van der Waals surface area contributed by atoms with Crippen LogP contribution in [0.2, 0.25) is 18.6 Å². The van der Waals surface area contributed by atoms with Crippen molar-refractivity contribution in [2.24, 2.45) is 5.92 Å². The number of ether oxygens (including phenoxy) is 1. The van der Waals surface area contributed by atoms with Gasteiger partial charge in [-0.2, -0.15) is 0 Å². The number of amides is 4. The molecule has 4 heterocycles. The highest BCUT2D eigenvalue weighted by Gasteiger charge is 2.66. The molecule has 3 saturated heterocycles. The predicted molar refractivity (Wildman–Crippen MR) is 228 cm³/mol. The molecule has 0 aromatic heterocycles. The molecular weight excluding hydrogens is 749 g/mol. The van der Waals surface area contributed by atoms with E-state index in [9.17, 15) is 24.3 Å². The molecule has 12 heteroatoms. The van der Waals surface area contributed by atoms with Gasteiger partial charge in [0.25, 0.3) is 5.91 Å². The fourth-order valence-electron chi connectivity index (χ4n) is 9.94. The minimum Gasteiger partial charge on any atom is -0.432 e. The second kappa shape index (κ2) is 17.9. The van der Waals surface area contributed by atoms with E-state index in [1.807, 2.05) is 103 Å². The van der Waals surface area contributed by atoms with E-state index in [-0.39, 0.29) is 49.7 Å². The predicted octanol–water partition coefficient (Wildman–Crippen LogP) is 7.04. The second-order valence-corrected chi connectivity index (χ2v) is 21.2. The molecule has 3 aromatic rings. The third-order valence-corrected chi connectivity index (χ3v) is 15.3. The normalized spacial score (nSPS) is 24.4. The van der Waals surface area contributed by atoms with E-state index in [1.165, 1.54) is 0 Å². The molecule has 0 saturated carbocycles. The van der Waals surface area contributed by atoms with E-state index in [0.29, 0.717) is 49.4 Å². The Balaban J connectivity index is 1.25. The lowest BCUT2D eigenvalue weighted by molar-refractivity contribution is -0.150. The molecule has 310 valence electrons. The van der Waals surface area contributed by atoms with Gasteiger partial charge in [0.2, 0.25) is 17.7 Å². The Morgan fingerprint density at radius 3 is 2.03 bits per heavy atom. The molecule has 58 heavy (non-hydrogen) atoms. The van der Waals surface area contributed by atoms with Crippen molar-refractivity contribution in [3.8, 4) is 0 Å². The van der Waals surface area contributed by atoms with Gasteiger partial charge in [0.05, 0.1) is 31.4 Å². The van der Waals surface area contributed by atoms with Gasteiger partial charge in [0, 0.05) is 67.4 Å². The summed E-state index contributed by atoms with van der Waals surface area (Å²) in [6.45, 7) is 7.41. The first-order valence-electron chi connectivity index (χ1n) is 21.4. The summed E-state index contributed by atoms with van der Waals surface area (Å²) >= 11 is 0. The third-order valence-electron chi connectivity index (χ3n) is 12.8.